The number of likely N-dealkylation sites (tertiary alicyclic amines) is 1. The Labute approximate surface area is 140 Å². The lowest BCUT2D eigenvalue weighted by atomic mass is 10.0. The van der Waals surface area contributed by atoms with Crippen LogP contribution in [0.2, 0.25) is 0 Å². The number of amides is 2. The van der Waals surface area contributed by atoms with E-state index in [1.165, 1.54) is 19.1 Å². The molecule has 0 aromatic rings. The molecule has 1 heterocycles. The molecule has 24 heavy (non-hydrogen) atoms. The molecule has 0 radical (unpaired) electrons. The number of ether oxygens (including phenoxy) is 3. The molecule has 9 nitrogen and oxygen atoms in total. The Kier molecular flexibility index (Phi) is 6.56. The van der Waals surface area contributed by atoms with E-state index in [9.17, 15) is 19.2 Å². The summed E-state index contributed by atoms with van der Waals surface area (Å²) in [6.45, 7) is 5.34. The summed E-state index contributed by atoms with van der Waals surface area (Å²) in [6.07, 6.45) is -1.05. The van der Waals surface area contributed by atoms with Crippen LogP contribution in [0.5, 0.6) is 0 Å². The molecule has 136 valence electrons. The monoisotopic (exact) mass is 344 g/mol. The van der Waals surface area contributed by atoms with E-state index in [2.05, 4.69) is 10.1 Å². The molecular weight excluding hydrogens is 320 g/mol. The first-order chi connectivity index (χ1) is 11.1. The molecule has 1 saturated heterocycles. The van der Waals surface area contributed by atoms with Crippen molar-refractivity contribution in [3.63, 3.8) is 0 Å². The fraction of sp³-hybridized carbons (Fsp3) is 0.733. The number of nitrogens with one attached hydrogen (secondary N) is 1. The van der Waals surface area contributed by atoms with Crippen LogP contribution < -0.4 is 5.32 Å². The van der Waals surface area contributed by atoms with Gasteiger partial charge in [-0.2, -0.15) is 0 Å². The number of nitrogens with zero attached hydrogens (tertiary/aromatic N) is 1. The van der Waals surface area contributed by atoms with E-state index in [1.54, 1.807) is 20.8 Å². The molecule has 0 spiro atoms. The SMILES string of the molecule is COC(=O)CC(=O)N[C@@H]1CN(C(=O)OC(C)(C)C)C[C@H]1C(=O)OC. The Bertz CT molecular complexity index is 512. The fourth-order valence-electron chi connectivity index (χ4n) is 2.28. The van der Waals surface area contributed by atoms with Crippen molar-refractivity contribution in [1.82, 2.24) is 10.2 Å². The minimum atomic E-state index is -0.732. The van der Waals surface area contributed by atoms with Crippen LogP contribution in [-0.2, 0) is 28.6 Å². The van der Waals surface area contributed by atoms with Crippen LogP contribution in [0.1, 0.15) is 27.2 Å². The van der Waals surface area contributed by atoms with Crippen molar-refractivity contribution in [2.45, 2.75) is 38.8 Å². The van der Waals surface area contributed by atoms with Gasteiger partial charge in [0.15, 0.2) is 0 Å². The molecule has 9 heteroatoms. The molecule has 1 aliphatic heterocycles. The zero-order valence-corrected chi connectivity index (χ0v) is 14.6. The van der Waals surface area contributed by atoms with Gasteiger partial charge in [0.05, 0.1) is 26.2 Å². The summed E-state index contributed by atoms with van der Waals surface area (Å²) >= 11 is 0. The summed E-state index contributed by atoms with van der Waals surface area (Å²) in [5.41, 5.74) is -0.677. The lowest BCUT2D eigenvalue weighted by molar-refractivity contribution is -0.145. The first-order valence-electron chi connectivity index (χ1n) is 7.49. The Hall–Kier alpha value is -2.32. The topological polar surface area (TPSA) is 111 Å². The van der Waals surface area contributed by atoms with Gasteiger partial charge in [0.1, 0.15) is 12.0 Å². The number of hydrogen-bond acceptors (Lipinski definition) is 7. The molecule has 1 N–H and O–H groups in total. The van der Waals surface area contributed by atoms with Crippen LogP contribution in [0, 0.1) is 5.92 Å². The molecule has 0 saturated carbocycles. The lowest BCUT2D eigenvalue weighted by Crippen LogP contribution is -2.44. The third kappa shape index (κ3) is 5.71. The van der Waals surface area contributed by atoms with Crippen molar-refractivity contribution < 1.29 is 33.4 Å². The van der Waals surface area contributed by atoms with Gasteiger partial charge in [0.2, 0.25) is 5.91 Å². The molecule has 0 aliphatic carbocycles. The molecule has 1 fully saturated rings. The number of carbonyl (C=O) groups excluding carboxylic acids is 4. The van der Waals surface area contributed by atoms with Crippen LogP contribution in [0.3, 0.4) is 0 Å². The van der Waals surface area contributed by atoms with E-state index in [1.807, 2.05) is 0 Å². The fourth-order valence-corrected chi connectivity index (χ4v) is 2.28. The van der Waals surface area contributed by atoms with Crippen LogP contribution in [0.25, 0.3) is 0 Å². The highest BCUT2D eigenvalue weighted by atomic mass is 16.6. The van der Waals surface area contributed by atoms with E-state index < -0.39 is 47.9 Å². The summed E-state index contributed by atoms with van der Waals surface area (Å²) in [6, 6.07) is -0.665. The van der Waals surface area contributed by atoms with Gasteiger partial charge in [0.25, 0.3) is 0 Å². The largest absolute Gasteiger partial charge is 0.469 e. The first kappa shape index (κ1) is 19.7. The van der Waals surface area contributed by atoms with Gasteiger partial charge in [-0.15, -0.1) is 0 Å². The second-order valence-electron chi connectivity index (χ2n) is 6.44. The molecule has 0 unspecified atom stereocenters. The maximum atomic E-state index is 12.1. The standard InChI is InChI=1S/C15H24N2O7/c1-15(2,3)24-14(21)17-7-9(13(20)23-5)10(8-17)16-11(18)6-12(19)22-4/h9-10H,6-8H2,1-5H3,(H,16,18)/t9-,10-/m1/s1. The Morgan fingerprint density at radius 3 is 2.21 bits per heavy atom. The van der Waals surface area contributed by atoms with Gasteiger partial charge < -0.3 is 24.4 Å². The summed E-state index contributed by atoms with van der Waals surface area (Å²) in [5, 5.41) is 2.57. The minimum absolute atomic E-state index is 0.0603. The average Bonchev–Trinajstić information content (AvgIpc) is 2.88. The highest BCUT2D eigenvalue weighted by molar-refractivity contribution is 5.94. The van der Waals surface area contributed by atoms with Crippen molar-refractivity contribution in [2.75, 3.05) is 27.3 Å². The normalized spacial score (nSPS) is 20.3. The van der Waals surface area contributed by atoms with Gasteiger partial charge in [-0.05, 0) is 20.8 Å². The van der Waals surface area contributed by atoms with E-state index in [0.717, 1.165) is 0 Å². The second-order valence-corrected chi connectivity index (χ2v) is 6.44. The maximum absolute atomic E-state index is 12.1. The molecule has 1 rings (SSSR count). The van der Waals surface area contributed by atoms with Gasteiger partial charge in [-0.3, -0.25) is 14.4 Å². The number of methoxy groups -OCH3 is 2. The van der Waals surface area contributed by atoms with Crippen LogP contribution >= 0.6 is 0 Å². The molecule has 2 atom stereocenters. The average molecular weight is 344 g/mol. The van der Waals surface area contributed by atoms with Crippen molar-refractivity contribution in [3.05, 3.63) is 0 Å². The predicted molar refractivity (Wildman–Crippen MR) is 81.9 cm³/mol. The molecular formula is C15H24N2O7. The van der Waals surface area contributed by atoms with E-state index in [4.69, 9.17) is 9.47 Å². The quantitative estimate of drug-likeness (QED) is 0.436. The Morgan fingerprint density at radius 1 is 1.08 bits per heavy atom. The summed E-state index contributed by atoms with van der Waals surface area (Å²) < 4.78 is 14.4. The maximum Gasteiger partial charge on any atom is 0.410 e. The number of hydrogen-bond donors (Lipinski definition) is 1. The third-order valence-electron chi connectivity index (χ3n) is 3.35. The zero-order valence-electron chi connectivity index (χ0n) is 14.6. The van der Waals surface area contributed by atoms with Gasteiger partial charge in [-0.25, -0.2) is 4.79 Å². The first-order valence-corrected chi connectivity index (χ1v) is 7.49. The molecule has 0 aromatic heterocycles. The van der Waals surface area contributed by atoms with Crippen molar-refractivity contribution in [2.24, 2.45) is 5.92 Å². The van der Waals surface area contributed by atoms with Crippen LogP contribution in [0.4, 0.5) is 4.79 Å². The zero-order chi connectivity index (χ0) is 18.5. The smallest absolute Gasteiger partial charge is 0.410 e. The second kappa shape index (κ2) is 7.98. The minimum Gasteiger partial charge on any atom is -0.469 e. The van der Waals surface area contributed by atoms with Crippen LogP contribution in [-0.4, -0.2) is 67.8 Å². The van der Waals surface area contributed by atoms with Gasteiger partial charge in [-0.1, -0.05) is 0 Å². The summed E-state index contributed by atoms with van der Waals surface area (Å²) in [7, 11) is 2.40. The Balaban J connectivity index is 2.77. The van der Waals surface area contributed by atoms with Crippen molar-refractivity contribution in [3.8, 4) is 0 Å². The predicted octanol–water partition coefficient (Wildman–Crippen LogP) is 0.0742. The van der Waals surface area contributed by atoms with Gasteiger partial charge >= 0.3 is 18.0 Å². The van der Waals surface area contributed by atoms with E-state index >= 15 is 0 Å². The van der Waals surface area contributed by atoms with Gasteiger partial charge in [0, 0.05) is 13.1 Å². The number of esters is 2. The lowest BCUT2D eigenvalue weighted by Gasteiger charge is -2.24. The van der Waals surface area contributed by atoms with Crippen molar-refractivity contribution >= 4 is 23.9 Å². The summed E-state index contributed by atoms with van der Waals surface area (Å²) in [5.74, 6) is -2.57. The number of carbonyl (C=O) groups is 4. The van der Waals surface area contributed by atoms with Crippen molar-refractivity contribution in [1.29, 1.82) is 0 Å². The van der Waals surface area contributed by atoms with E-state index in [-0.39, 0.29) is 13.1 Å². The molecule has 1 aliphatic rings. The third-order valence-corrected chi connectivity index (χ3v) is 3.35. The van der Waals surface area contributed by atoms with Crippen LogP contribution in [0.15, 0.2) is 0 Å². The molecule has 0 bridgehead atoms. The van der Waals surface area contributed by atoms with E-state index in [0.29, 0.717) is 0 Å². The molecule has 0 aromatic carbocycles. The highest BCUT2D eigenvalue weighted by Crippen LogP contribution is 2.21. The number of rotatable bonds is 4. The summed E-state index contributed by atoms with van der Waals surface area (Å²) in [4.78, 5) is 48.3. The highest BCUT2D eigenvalue weighted by Gasteiger charge is 2.42. The Morgan fingerprint density at radius 2 is 1.71 bits per heavy atom. The molecule has 2 amide bonds.